The van der Waals surface area contributed by atoms with Gasteiger partial charge < -0.3 is 14.5 Å². The molecule has 1 aliphatic rings. The number of halogens is 4. The Bertz CT molecular complexity index is 1150. The third-order valence-electron chi connectivity index (χ3n) is 5.59. The lowest BCUT2D eigenvalue weighted by atomic mass is 10.1. The van der Waals surface area contributed by atoms with E-state index >= 15 is 0 Å². The number of hydrogen-bond acceptors (Lipinski definition) is 5. The Labute approximate surface area is 201 Å². The van der Waals surface area contributed by atoms with Crippen LogP contribution in [-0.4, -0.2) is 64.8 Å². The first-order valence-corrected chi connectivity index (χ1v) is 12.6. The molecular formula is C22H25ClF3N3O4S. The second-order valence-corrected chi connectivity index (χ2v) is 10.2. The van der Waals surface area contributed by atoms with E-state index in [4.69, 9.17) is 16.3 Å². The van der Waals surface area contributed by atoms with Crippen molar-refractivity contribution in [2.75, 3.05) is 48.7 Å². The van der Waals surface area contributed by atoms with Gasteiger partial charge in [0, 0.05) is 31.9 Å². The number of carbonyl (C=O) groups is 1. The van der Waals surface area contributed by atoms with Crippen LogP contribution in [-0.2, 0) is 21.0 Å². The van der Waals surface area contributed by atoms with Gasteiger partial charge in [-0.25, -0.2) is 8.42 Å². The molecule has 1 heterocycles. The van der Waals surface area contributed by atoms with Gasteiger partial charge in [0.1, 0.15) is 11.8 Å². The van der Waals surface area contributed by atoms with Gasteiger partial charge in [0.2, 0.25) is 15.9 Å². The molecule has 0 radical (unpaired) electrons. The van der Waals surface area contributed by atoms with E-state index in [1.165, 1.54) is 43.2 Å². The van der Waals surface area contributed by atoms with Crippen LogP contribution in [0.2, 0.25) is 5.02 Å². The molecule has 2 aromatic rings. The number of carbonyl (C=O) groups excluding carboxylic acids is 1. The highest BCUT2D eigenvalue weighted by molar-refractivity contribution is 7.92. The summed E-state index contributed by atoms with van der Waals surface area (Å²) in [6.45, 7) is 2.58. The minimum Gasteiger partial charge on any atom is -0.495 e. The number of hydrogen-bond donors (Lipinski definition) is 0. The number of sulfonamides is 1. The van der Waals surface area contributed by atoms with E-state index in [0.29, 0.717) is 24.5 Å². The van der Waals surface area contributed by atoms with Crippen LogP contribution in [0.15, 0.2) is 42.5 Å². The average Bonchev–Trinajstić information content (AvgIpc) is 2.77. The third-order valence-corrected chi connectivity index (χ3v) is 7.12. The van der Waals surface area contributed by atoms with Crippen LogP contribution in [0.4, 0.5) is 24.5 Å². The number of amides is 1. The summed E-state index contributed by atoms with van der Waals surface area (Å²) in [6, 6.07) is 8.41. The molecule has 186 valence electrons. The maximum absolute atomic E-state index is 13.2. The normalized spacial score (nSPS) is 15.7. The minimum absolute atomic E-state index is 0.197. The van der Waals surface area contributed by atoms with Gasteiger partial charge in [-0.3, -0.25) is 9.10 Å². The van der Waals surface area contributed by atoms with E-state index in [-0.39, 0.29) is 23.8 Å². The van der Waals surface area contributed by atoms with E-state index in [2.05, 4.69) is 0 Å². The summed E-state index contributed by atoms with van der Waals surface area (Å²) in [5.74, 6) is -0.0513. The Kier molecular flexibility index (Phi) is 7.56. The molecule has 7 nitrogen and oxygen atoms in total. The molecule has 34 heavy (non-hydrogen) atoms. The topological polar surface area (TPSA) is 70.2 Å². The van der Waals surface area contributed by atoms with Gasteiger partial charge in [0.25, 0.3) is 0 Å². The Morgan fingerprint density at radius 3 is 2.29 bits per heavy atom. The monoisotopic (exact) mass is 519 g/mol. The molecule has 12 heteroatoms. The van der Waals surface area contributed by atoms with Crippen LogP contribution in [0.5, 0.6) is 5.75 Å². The number of ether oxygens (including phenoxy) is 1. The molecule has 0 unspecified atom stereocenters. The molecule has 1 fully saturated rings. The highest BCUT2D eigenvalue weighted by atomic mass is 35.5. The first-order chi connectivity index (χ1) is 15.8. The molecule has 0 spiro atoms. The number of methoxy groups -OCH3 is 1. The van der Waals surface area contributed by atoms with E-state index < -0.39 is 33.7 Å². The smallest absolute Gasteiger partial charge is 0.416 e. The summed E-state index contributed by atoms with van der Waals surface area (Å²) in [5, 5.41) is 0.197. The largest absolute Gasteiger partial charge is 0.495 e. The molecule has 1 amide bonds. The van der Waals surface area contributed by atoms with Crippen LogP contribution in [0.1, 0.15) is 12.5 Å². The average molecular weight is 520 g/mol. The number of rotatable bonds is 6. The van der Waals surface area contributed by atoms with Crippen molar-refractivity contribution in [1.29, 1.82) is 0 Å². The first-order valence-electron chi connectivity index (χ1n) is 10.4. The van der Waals surface area contributed by atoms with E-state index in [9.17, 15) is 26.4 Å². The molecule has 0 bridgehead atoms. The Balaban J connectivity index is 1.75. The number of nitrogens with zero attached hydrogens (tertiary/aromatic N) is 3. The summed E-state index contributed by atoms with van der Waals surface area (Å²) in [7, 11) is -2.41. The van der Waals surface area contributed by atoms with Gasteiger partial charge in [0.05, 0.1) is 29.6 Å². The Morgan fingerprint density at radius 1 is 1.12 bits per heavy atom. The lowest BCUT2D eigenvalue weighted by molar-refractivity contribution is -0.137. The van der Waals surface area contributed by atoms with Crippen molar-refractivity contribution in [2.45, 2.75) is 19.1 Å². The highest BCUT2D eigenvalue weighted by Gasteiger charge is 2.34. The molecule has 3 rings (SSSR count). The fourth-order valence-corrected chi connectivity index (χ4v) is 5.34. The van der Waals surface area contributed by atoms with Gasteiger partial charge in [-0.15, -0.1) is 0 Å². The second kappa shape index (κ2) is 9.91. The summed E-state index contributed by atoms with van der Waals surface area (Å²) >= 11 is 6.15. The van der Waals surface area contributed by atoms with Gasteiger partial charge in [0.15, 0.2) is 0 Å². The molecule has 1 aliphatic heterocycles. The predicted molar refractivity (Wildman–Crippen MR) is 125 cm³/mol. The molecule has 0 saturated carbocycles. The fourth-order valence-electron chi connectivity index (χ4n) is 3.92. The maximum Gasteiger partial charge on any atom is 0.416 e. The second-order valence-electron chi connectivity index (χ2n) is 7.91. The van der Waals surface area contributed by atoms with Crippen molar-refractivity contribution in [3.8, 4) is 5.75 Å². The quantitative estimate of drug-likeness (QED) is 0.579. The SMILES string of the molecule is COc1ccc(N([C@@H](C)C(=O)N2CCN(c3cccc(C(F)(F)F)c3)CC2)S(C)(=O)=O)cc1Cl. The Morgan fingerprint density at radius 2 is 1.76 bits per heavy atom. The fraction of sp³-hybridized carbons (Fsp3) is 0.409. The third kappa shape index (κ3) is 5.69. The lowest BCUT2D eigenvalue weighted by Crippen LogP contribution is -2.55. The molecule has 0 N–H and O–H groups in total. The molecular weight excluding hydrogens is 495 g/mol. The van der Waals surface area contributed by atoms with E-state index in [1.54, 1.807) is 11.0 Å². The van der Waals surface area contributed by atoms with Gasteiger partial charge in [-0.05, 0) is 43.3 Å². The number of alkyl halides is 3. The Hall–Kier alpha value is -2.66. The van der Waals surface area contributed by atoms with Gasteiger partial charge >= 0.3 is 6.18 Å². The van der Waals surface area contributed by atoms with E-state index in [1.807, 2.05) is 0 Å². The van der Waals surface area contributed by atoms with Crippen molar-refractivity contribution in [3.05, 3.63) is 53.1 Å². The summed E-state index contributed by atoms with van der Waals surface area (Å²) in [5.41, 5.74) is -0.101. The van der Waals surface area contributed by atoms with Crippen LogP contribution in [0, 0.1) is 0 Å². The van der Waals surface area contributed by atoms with Crippen LogP contribution >= 0.6 is 11.6 Å². The van der Waals surface area contributed by atoms with Crippen LogP contribution in [0.3, 0.4) is 0 Å². The zero-order chi connectivity index (χ0) is 25.3. The summed E-state index contributed by atoms with van der Waals surface area (Å²) in [6.07, 6.45) is -3.44. The minimum atomic E-state index is -4.44. The van der Waals surface area contributed by atoms with Gasteiger partial charge in [-0.1, -0.05) is 17.7 Å². The van der Waals surface area contributed by atoms with Crippen molar-refractivity contribution < 1.29 is 31.1 Å². The molecule has 0 aromatic heterocycles. The summed E-state index contributed by atoms with van der Waals surface area (Å²) < 4.78 is 70.3. The lowest BCUT2D eigenvalue weighted by Gasteiger charge is -2.39. The van der Waals surface area contributed by atoms with Crippen molar-refractivity contribution in [3.63, 3.8) is 0 Å². The van der Waals surface area contributed by atoms with Crippen LogP contribution in [0.25, 0.3) is 0 Å². The van der Waals surface area contributed by atoms with Gasteiger partial charge in [-0.2, -0.15) is 13.2 Å². The zero-order valence-electron chi connectivity index (χ0n) is 18.8. The van der Waals surface area contributed by atoms with Crippen molar-refractivity contribution >= 4 is 38.9 Å². The van der Waals surface area contributed by atoms with Crippen molar-refractivity contribution in [2.24, 2.45) is 0 Å². The number of anilines is 2. The molecule has 1 atom stereocenters. The number of piperazine rings is 1. The van der Waals surface area contributed by atoms with Crippen LogP contribution < -0.4 is 13.9 Å². The number of benzene rings is 2. The van der Waals surface area contributed by atoms with Crippen molar-refractivity contribution in [1.82, 2.24) is 4.90 Å². The standard InChI is InChI=1S/C22H25ClF3N3O4S/c1-15(29(34(3,31)32)18-7-8-20(33-2)19(23)14-18)21(30)28-11-9-27(10-12-28)17-6-4-5-16(13-17)22(24,25)26/h4-8,13-15H,9-12H2,1-3H3/t15-/m0/s1. The summed E-state index contributed by atoms with van der Waals surface area (Å²) in [4.78, 5) is 16.5. The predicted octanol–water partition coefficient (Wildman–Crippen LogP) is 3.87. The van der Waals surface area contributed by atoms with E-state index in [0.717, 1.165) is 22.7 Å². The molecule has 0 aliphatic carbocycles. The highest BCUT2D eigenvalue weighted by Crippen LogP contribution is 2.33. The maximum atomic E-state index is 13.2. The molecule has 1 saturated heterocycles. The zero-order valence-corrected chi connectivity index (χ0v) is 20.4. The molecule has 2 aromatic carbocycles. The first kappa shape index (κ1) is 26.0.